The molecule has 0 aliphatic carbocycles. The molecule has 0 fully saturated rings. The van der Waals surface area contributed by atoms with Gasteiger partial charge in [0.05, 0.1) is 16.1 Å². The lowest BCUT2D eigenvalue weighted by molar-refractivity contribution is -0.137. The molecule has 94 valence electrons. The van der Waals surface area contributed by atoms with Gasteiger partial charge < -0.3 is 0 Å². The molecule has 0 N–H and O–H groups in total. The highest BCUT2D eigenvalue weighted by atomic mass is 35.5. The maximum absolute atomic E-state index is 13.5. The third-order valence-corrected chi connectivity index (χ3v) is 2.42. The van der Waals surface area contributed by atoms with Crippen LogP contribution in [-0.4, -0.2) is 5.78 Å². The van der Waals surface area contributed by atoms with Crippen molar-refractivity contribution in [3.8, 4) is 0 Å². The molecule has 1 aromatic carbocycles. The van der Waals surface area contributed by atoms with E-state index < -0.39 is 39.8 Å². The Bertz CT molecular complexity index is 452. The van der Waals surface area contributed by atoms with Crippen molar-refractivity contribution in [2.45, 2.75) is 20.0 Å². The Balaban J connectivity index is 3.41. The number of halogens is 5. The first kappa shape index (κ1) is 14.0. The van der Waals surface area contributed by atoms with Crippen molar-refractivity contribution in [3.63, 3.8) is 0 Å². The molecule has 1 nitrogen and oxygen atoms in total. The Hall–Kier alpha value is -1.10. The van der Waals surface area contributed by atoms with Crippen LogP contribution in [0, 0.1) is 11.7 Å². The summed E-state index contributed by atoms with van der Waals surface area (Å²) in [4.78, 5) is 11.5. The van der Waals surface area contributed by atoms with Crippen LogP contribution in [0.1, 0.15) is 29.8 Å². The van der Waals surface area contributed by atoms with Gasteiger partial charge in [-0.15, -0.1) is 0 Å². The zero-order valence-corrected chi connectivity index (χ0v) is 9.79. The molecule has 0 aliphatic heterocycles. The van der Waals surface area contributed by atoms with Crippen LogP contribution in [0.15, 0.2) is 12.1 Å². The van der Waals surface area contributed by atoms with E-state index in [2.05, 4.69) is 0 Å². The second-order valence-electron chi connectivity index (χ2n) is 3.84. The molecule has 0 spiro atoms. The van der Waals surface area contributed by atoms with Gasteiger partial charge in [0.2, 0.25) is 0 Å². The van der Waals surface area contributed by atoms with Crippen LogP contribution >= 0.6 is 11.6 Å². The van der Waals surface area contributed by atoms with Crippen LogP contribution < -0.4 is 0 Å². The zero-order valence-electron chi connectivity index (χ0n) is 9.03. The first-order valence-electron chi connectivity index (χ1n) is 4.75. The number of carbonyl (C=O) groups is 1. The van der Waals surface area contributed by atoms with Crippen LogP contribution in [0.3, 0.4) is 0 Å². The minimum Gasteiger partial charge on any atom is -0.294 e. The van der Waals surface area contributed by atoms with E-state index in [1.54, 1.807) is 0 Å². The molecule has 17 heavy (non-hydrogen) atoms. The van der Waals surface area contributed by atoms with E-state index in [1.807, 2.05) is 0 Å². The predicted molar refractivity (Wildman–Crippen MR) is 55.6 cm³/mol. The maximum atomic E-state index is 13.5. The van der Waals surface area contributed by atoms with Gasteiger partial charge in [0, 0.05) is 5.92 Å². The van der Waals surface area contributed by atoms with Gasteiger partial charge >= 0.3 is 6.18 Å². The number of Topliss-reactive ketones (excluding diaryl/α,β-unsaturated/α-hetero) is 1. The first-order chi connectivity index (χ1) is 7.64. The molecule has 6 heteroatoms. The smallest absolute Gasteiger partial charge is 0.294 e. The van der Waals surface area contributed by atoms with Gasteiger partial charge in [-0.05, 0) is 12.1 Å². The second kappa shape index (κ2) is 4.64. The molecule has 0 aromatic heterocycles. The Morgan fingerprint density at radius 2 is 1.82 bits per heavy atom. The molecule has 1 aromatic rings. The topological polar surface area (TPSA) is 17.1 Å². The summed E-state index contributed by atoms with van der Waals surface area (Å²) >= 11 is 5.35. The number of hydrogen-bond acceptors (Lipinski definition) is 1. The van der Waals surface area contributed by atoms with Crippen LogP contribution in [0.4, 0.5) is 17.6 Å². The van der Waals surface area contributed by atoms with Gasteiger partial charge in [-0.2, -0.15) is 13.2 Å². The number of alkyl halides is 3. The van der Waals surface area contributed by atoms with E-state index in [9.17, 15) is 22.4 Å². The summed E-state index contributed by atoms with van der Waals surface area (Å²) in [5.41, 5.74) is -1.76. The van der Waals surface area contributed by atoms with Gasteiger partial charge in [-0.1, -0.05) is 25.4 Å². The molecule has 0 saturated carbocycles. The van der Waals surface area contributed by atoms with Gasteiger partial charge in [0.15, 0.2) is 11.6 Å². The average molecular weight is 269 g/mol. The minimum atomic E-state index is -4.66. The number of rotatable bonds is 2. The second-order valence-corrected chi connectivity index (χ2v) is 4.24. The Labute approximate surface area is 100 Å². The third-order valence-electron chi connectivity index (χ3n) is 2.15. The Morgan fingerprint density at radius 3 is 2.24 bits per heavy atom. The highest BCUT2D eigenvalue weighted by Crippen LogP contribution is 2.34. The SMILES string of the molecule is CC(C)C(=O)c1cc(C(F)(F)F)cc(Cl)c1F. The lowest BCUT2D eigenvalue weighted by Crippen LogP contribution is -2.13. The maximum Gasteiger partial charge on any atom is 0.416 e. The van der Waals surface area contributed by atoms with Crippen molar-refractivity contribution in [1.29, 1.82) is 0 Å². The zero-order chi connectivity index (χ0) is 13.4. The summed E-state index contributed by atoms with van der Waals surface area (Å²) in [6.07, 6.45) is -4.66. The van der Waals surface area contributed by atoms with Crippen molar-refractivity contribution >= 4 is 17.4 Å². The number of benzene rings is 1. The fourth-order valence-electron chi connectivity index (χ4n) is 1.24. The predicted octanol–water partition coefficient (Wildman–Crippen LogP) is 4.34. The third kappa shape index (κ3) is 2.97. The Morgan fingerprint density at radius 1 is 1.29 bits per heavy atom. The van der Waals surface area contributed by atoms with E-state index in [0.29, 0.717) is 12.1 Å². The molecule has 0 saturated heterocycles. The lowest BCUT2D eigenvalue weighted by atomic mass is 9.98. The van der Waals surface area contributed by atoms with E-state index in [1.165, 1.54) is 13.8 Å². The normalized spacial score (nSPS) is 12.0. The lowest BCUT2D eigenvalue weighted by Gasteiger charge is -2.12. The van der Waals surface area contributed by atoms with Crippen molar-refractivity contribution in [3.05, 3.63) is 34.1 Å². The van der Waals surface area contributed by atoms with Crippen molar-refractivity contribution in [2.75, 3.05) is 0 Å². The number of hydrogen-bond donors (Lipinski definition) is 0. The van der Waals surface area contributed by atoms with E-state index in [0.717, 1.165) is 0 Å². The summed E-state index contributed by atoms with van der Waals surface area (Å²) < 4.78 is 50.8. The van der Waals surface area contributed by atoms with Crippen LogP contribution in [-0.2, 0) is 6.18 Å². The van der Waals surface area contributed by atoms with Gasteiger partial charge in [-0.3, -0.25) is 4.79 Å². The average Bonchev–Trinajstić information content (AvgIpc) is 2.19. The van der Waals surface area contributed by atoms with Gasteiger partial charge in [-0.25, -0.2) is 4.39 Å². The minimum absolute atomic E-state index is 0.466. The van der Waals surface area contributed by atoms with Crippen molar-refractivity contribution in [1.82, 2.24) is 0 Å². The van der Waals surface area contributed by atoms with Crippen LogP contribution in [0.2, 0.25) is 5.02 Å². The van der Waals surface area contributed by atoms with Gasteiger partial charge in [0.25, 0.3) is 0 Å². The first-order valence-corrected chi connectivity index (χ1v) is 5.13. The quantitative estimate of drug-likeness (QED) is 0.576. The molecule has 0 amide bonds. The summed E-state index contributed by atoms with van der Waals surface area (Å²) in [6.45, 7) is 2.94. The molecule has 0 radical (unpaired) electrons. The largest absolute Gasteiger partial charge is 0.416 e. The van der Waals surface area contributed by atoms with E-state index in [-0.39, 0.29) is 0 Å². The van der Waals surface area contributed by atoms with E-state index in [4.69, 9.17) is 11.6 Å². The fourth-order valence-corrected chi connectivity index (χ4v) is 1.46. The molecule has 0 heterocycles. The molecule has 1 rings (SSSR count). The highest BCUT2D eigenvalue weighted by Gasteiger charge is 2.33. The summed E-state index contributed by atoms with van der Waals surface area (Å²) in [6, 6.07) is 0.956. The summed E-state index contributed by atoms with van der Waals surface area (Å²) in [5, 5.41) is -0.705. The van der Waals surface area contributed by atoms with Crippen molar-refractivity contribution < 1.29 is 22.4 Å². The molecule has 0 unspecified atom stereocenters. The van der Waals surface area contributed by atoms with Crippen LogP contribution in [0.5, 0.6) is 0 Å². The molecule has 0 bridgehead atoms. The Kier molecular flexibility index (Phi) is 3.81. The molecular weight excluding hydrogens is 260 g/mol. The summed E-state index contributed by atoms with van der Waals surface area (Å²) in [5.74, 6) is -2.43. The van der Waals surface area contributed by atoms with E-state index >= 15 is 0 Å². The summed E-state index contributed by atoms with van der Waals surface area (Å²) in [7, 11) is 0. The fraction of sp³-hybridized carbons (Fsp3) is 0.364. The van der Waals surface area contributed by atoms with Crippen LogP contribution in [0.25, 0.3) is 0 Å². The number of carbonyl (C=O) groups excluding carboxylic acids is 1. The number of ketones is 1. The molecular formula is C11H9ClF4O. The molecule has 0 aliphatic rings. The highest BCUT2D eigenvalue weighted by molar-refractivity contribution is 6.31. The van der Waals surface area contributed by atoms with Crippen molar-refractivity contribution in [2.24, 2.45) is 5.92 Å². The monoisotopic (exact) mass is 268 g/mol. The van der Waals surface area contributed by atoms with Gasteiger partial charge in [0.1, 0.15) is 0 Å². The standard InChI is InChI=1S/C11H9ClF4O/c1-5(2)10(17)7-3-6(11(14,15)16)4-8(12)9(7)13/h3-5H,1-2H3. The molecule has 0 atom stereocenters.